The van der Waals surface area contributed by atoms with E-state index in [1.54, 1.807) is 0 Å². The number of nitrogens with two attached hydrogens (primary N) is 1. The van der Waals surface area contributed by atoms with Crippen molar-refractivity contribution in [2.24, 2.45) is 11.8 Å². The summed E-state index contributed by atoms with van der Waals surface area (Å²) in [5, 5.41) is 16.6. The van der Waals surface area contributed by atoms with Crippen molar-refractivity contribution in [3.63, 3.8) is 0 Å². The summed E-state index contributed by atoms with van der Waals surface area (Å²) >= 11 is 0. The molecule has 0 spiro atoms. The van der Waals surface area contributed by atoms with Crippen LogP contribution in [-0.2, 0) is 0 Å². The lowest BCUT2D eigenvalue weighted by Crippen LogP contribution is -2.28. The summed E-state index contributed by atoms with van der Waals surface area (Å²) in [4.78, 5) is 0. The van der Waals surface area contributed by atoms with Crippen LogP contribution in [-0.4, -0.2) is 6.54 Å². The number of hydrogen-bond donors (Lipinski definition) is 2. The smallest absolute Gasteiger partial charge is 0.0670 e. The van der Waals surface area contributed by atoms with Gasteiger partial charge in [-0.15, -0.1) is 0 Å². The molecule has 0 bridgehead atoms. The summed E-state index contributed by atoms with van der Waals surface area (Å²) in [6.07, 6.45) is 1.01. The van der Waals surface area contributed by atoms with Crippen molar-refractivity contribution in [3.8, 4) is 12.1 Å². The third kappa shape index (κ3) is 3.85. The molecule has 0 fully saturated rings. The molecule has 0 rings (SSSR count). The minimum Gasteiger partial charge on any atom is -0.271 e. The van der Waals surface area contributed by atoms with Crippen molar-refractivity contribution in [3.05, 3.63) is 0 Å². The lowest BCUT2D eigenvalue weighted by atomic mass is 10.1. The van der Waals surface area contributed by atoms with Crippen LogP contribution in [0, 0.1) is 28.6 Å². The first-order chi connectivity index (χ1) is 4.85. The fraction of sp³-hybridized carbons (Fsp3) is 0.667. The summed E-state index contributed by atoms with van der Waals surface area (Å²) in [7, 11) is 0. The first-order valence-electron chi connectivity index (χ1n) is 3.05. The quantitative estimate of drug-likeness (QED) is 0.419. The van der Waals surface area contributed by atoms with E-state index in [-0.39, 0.29) is 5.92 Å². The topological polar surface area (TPSA) is 85.6 Å². The highest BCUT2D eigenvalue weighted by Gasteiger charge is 2.03. The molecule has 0 amide bonds. The van der Waals surface area contributed by atoms with Gasteiger partial charge in [0.05, 0.1) is 18.1 Å². The van der Waals surface area contributed by atoms with E-state index in [4.69, 9.17) is 16.4 Å². The van der Waals surface area contributed by atoms with Gasteiger partial charge in [0.1, 0.15) is 0 Å². The normalized spacial score (nSPS) is 11.5. The van der Waals surface area contributed by atoms with Crippen LogP contribution in [0.3, 0.4) is 0 Å². The van der Waals surface area contributed by atoms with Gasteiger partial charge in [0.2, 0.25) is 0 Å². The first-order valence-corrected chi connectivity index (χ1v) is 3.05. The van der Waals surface area contributed by atoms with Crippen molar-refractivity contribution in [1.29, 1.82) is 10.5 Å². The van der Waals surface area contributed by atoms with Crippen LogP contribution in [0.2, 0.25) is 0 Å². The van der Waals surface area contributed by atoms with E-state index < -0.39 is 0 Å². The minimum absolute atomic E-state index is 0.135. The van der Waals surface area contributed by atoms with E-state index in [0.29, 0.717) is 19.4 Å². The maximum Gasteiger partial charge on any atom is 0.0670 e. The summed E-state index contributed by atoms with van der Waals surface area (Å²) in [5.74, 6) is 4.86. The lowest BCUT2D eigenvalue weighted by molar-refractivity contribution is 0.552. The zero-order valence-corrected chi connectivity index (χ0v) is 5.67. The molecule has 0 aliphatic carbocycles. The van der Waals surface area contributed by atoms with E-state index in [2.05, 4.69) is 5.43 Å². The number of nitrogens with one attached hydrogen (secondary N) is 1. The van der Waals surface area contributed by atoms with Crippen LogP contribution in [0.1, 0.15) is 12.8 Å². The maximum atomic E-state index is 8.43. The Labute approximate surface area is 60.2 Å². The van der Waals surface area contributed by atoms with Gasteiger partial charge in [0, 0.05) is 13.0 Å². The Morgan fingerprint density at radius 1 is 1.50 bits per heavy atom. The van der Waals surface area contributed by atoms with Gasteiger partial charge < -0.3 is 0 Å². The second kappa shape index (κ2) is 6.03. The van der Waals surface area contributed by atoms with Gasteiger partial charge in [-0.1, -0.05) is 0 Å². The zero-order chi connectivity index (χ0) is 7.82. The van der Waals surface area contributed by atoms with Crippen LogP contribution < -0.4 is 11.3 Å². The minimum atomic E-state index is -0.135. The van der Waals surface area contributed by atoms with E-state index >= 15 is 0 Å². The molecule has 4 heteroatoms. The molecule has 10 heavy (non-hydrogen) atoms. The Morgan fingerprint density at radius 3 is 2.60 bits per heavy atom. The molecule has 1 atom stereocenters. The van der Waals surface area contributed by atoms with E-state index in [1.165, 1.54) is 0 Å². The Kier molecular flexibility index (Phi) is 5.36. The van der Waals surface area contributed by atoms with Crippen molar-refractivity contribution >= 4 is 0 Å². The largest absolute Gasteiger partial charge is 0.271 e. The third-order valence-electron chi connectivity index (χ3n) is 1.15. The molecule has 0 aromatic rings. The van der Waals surface area contributed by atoms with Crippen molar-refractivity contribution < 1.29 is 0 Å². The molecule has 3 N–H and O–H groups in total. The van der Waals surface area contributed by atoms with Gasteiger partial charge in [-0.2, -0.15) is 10.5 Å². The fourth-order valence-corrected chi connectivity index (χ4v) is 0.593. The number of hydrogen-bond acceptors (Lipinski definition) is 4. The summed E-state index contributed by atoms with van der Waals surface area (Å²) in [6.45, 7) is 0.457. The third-order valence-corrected chi connectivity index (χ3v) is 1.15. The predicted octanol–water partition coefficient (Wildman–Crippen LogP) is -0.107. The van der Waals surface area contributed by atoms with Gasteiger partial charge in [-0.3, -0.25) is 11.3 Å². The number of nitriles is 2. The predicted molar refractivity (Wildman–Crippen MR) is 36.1 cm³/mol. The average molecular weight is 138 g/mol. The molecule has 4 nitrogen and oxygen atoms in total. The molecule has 0 radical (unpaired) electrons. The number of nitrogens with zero attached hydrogens (tertiary/aromatic N) is 2. The molecule has 0 aromatic carbocycles. The van der Waals surface area contributed by atoms with E-state index in [1.807, 2.05) is 12.1 Å². The van der Waals surface area contributed by atoms with Crippen LogP contribution >= 0.6 is 0 Å². The second-order valence-corrected chi connectivity index (χ2v) is 1.93. The Hall–Kier alpha value is -1.10. The monoisotopic (exact) mass is 138 g/mol. The second-order valence-electron chi connectivity index (χ2n) is 1.93. The lowest BCUT2D eigenvalue weighted by Gasteiger charge is -2.02. The molecule has 54 valence electrons. The molecule has 0 heterocycles. The van der Waals surface area contributed by atoms with Crippen molar-refractivity contribution in [1.82, 2.24) is 5.43 Å². The highest BCUT2D eigenvalue weighted by molar-refractivity contribution is 4.86. The Morgan fingerprint density at radius 2 is 2.20 bits per heavy atom. The molecular weight excluding hydrogens is 128 g/mol. The highest BCUT2D eigenvalue weighted by Crippen LogP contribution is 2.01. The average Bonchev–Trinajstić information content (AvgIpc) is 1.98. The number of rotatable bonds is 4. The van der Waals surface area contributed by atoms with Crippen LogP contribution in [0.15, 0.2) is 0 Å². The summed E-state index contributed by atoms with van der Waals surface area (Å²) in [5.41, 5.74) is 2.40. The standard InChI is InChI=1S/C6H10N4/c7-3-1-2-6(4-8)5-10-9/h6,10H,1-2,5,9H2. The molecular formula is C6H10N4. The highest BCUT2D eigenvalue weighted by atomic mass is 15.2. The molecule has 0 saturated heterocycles. The van der Waals surface area contributed by atoms with E-state index in [9.17, 15) is 0 Å². The summed E-state index contributed by atoms with van der Waals surface area (Å²) < 4.78 is 0. The molecule has 1 unspecified atom stereocenters. The van der Waals surface area contributed by atoms with Gasteiger partial charge in [0.25, 0.3) is 0 Å². The van der Waals surface area contributed by atoms with Crippen molar-refractivity contribution in [2.45, 2.75) is 12.8 Å². The van der Waals surface area contributed by atoms with Crippen LogP contribution in [0.25, 0.3) is 0 Å². The molecule has 0 saturated carbocycles. The summed E-state index contributed by atoms with van der Waals surface area (Å²) in [6, 6.07) is 4.02. The van der Waals surface area contributed by atoms with Crippen LogP contribution in [0.4, 0.5) is 0 Å². The number of hydrazine groups is 1. The molecule has 0 aromatic heterocycles. The fourth-order valence-electron chi connectivity index (χ4n) is 0.593. The maximum absolute atomic E-state index is 8.43. The Bertz CT molecular complexity index is 152. The SMILES string of the molecule is N#CCCC(C#N)CNN. The van der Waals surface area contributed by atoms with Gasteiger partial charge in [-0.05, 0) is 6.42 Å². The molecule has 0 aliphatic heterocycles. The van der Waals surface area contributed by atoms with Crippen LogP contribution in [0.5, 0.6) is 0 Å². The van der Waals surface area contributed by atoms with Gasteiger partial charge in [0.15, 0.2) is 0 Å². The molecule has 0 aliphatic rings. The van der Waals surface area contributed by atoms with Gasteiger partial charge >= 0.3 is 0 Å². The van der Waals surface area contributed by atoms with Gasteiger partial charge in [-0.25, -0.2) is 0 Å². The zero-order valence-electron chi connectivity index (χ0n) is 5.67. The first kappa shape index (κ1) is 8.90. The van der Waals surface area contributed by atoms with Crippen molar-refractivity contribution in [2.75, 3.05) is 6.54 Å². The Balaban J connectivity index is 3.45. The van der Waals surface area contributed by atoms with E-state index in [0.717, 1.165) is 0 Å².